The van der Waals surface area contributed by atoms with Gasteiger partial charge in [0.1, 0.15) is 11.6 Å². The number of carbonyl (C=O) groups excluding carboxylic acids is 1. The fraction of sp³-hybridized carbons (Fsp3) is 0.0476. The zero-order valence-corrected chi connectivity index (χ0v) is 14.9. The second kappa shape index (κ2) is 7.11. The summed E-state index contributed by atoms with van der Waals surface area (Å²) in [5, 5.41) is 5.85. The number of carbonyl (C=O) groups is 1. The van der Waals surface area contributed by atoms with Crippen LogP contribution in [-0.2, 0) is 0 Å². The van der Waals surface area contributed by atoms with Crippen LogP contribution in [0.3, 0.4) is 0 Å². The van der Waals surface area contributed by atoms with Crippen LogP contribution in [0.5, 0.6) is 0 Å². The summed E-state index contributed by atoms with van der Waals surface area (Å²) in [4.78, 5) is 19.8. The van der Waals surface area contributed by atoms with E-state index in [0.29, 0.717) is 33.5 Å². The molecule has 140 valence electrons. The van der Waals surface area contributed by atoms with Crippen molar-refractivity contribution in [3.8, 4) is 11.3 Å². The third-order valence-electron chi connectivity index (χ3n) is 4.38. The van der Waals surface area contributed by atoms with Crippen LogP contribution in [0, 0.1) is 18.6 Å². The summed E-state index contributed by atoms with van der Waals surface area (Å²) in [7, 11) is 0. The number of aromatic amines is 1. The molecule has 0 unspecified atom stereocenters. The van der Waals surface area contributed by atoms with Gasteiger partial charge in [0.25, 0.3) is 0 Å². The van der Waals surface area contributed by atoms with Crippen molar-refractivity contribution in [3.63, 3.8) is 0 Å². The standard InChI is InChI=1S/C21H16F2N4O/c1-12-4-6-15(10-17(12)23)25-21(28)27-20-16-9-14(22)5-7-18(16)26-19(20)13-3-2-8-24-11-13/h2-11,26H,1H3,(H2,25,27,28). The van der Waals surface area contributed by atoms with Crippen LogP contribution >= 0.6 is 0 Å². The van der Waals surface area contributed by atoms with Crippen LogP contribution in [0.1, 0.15) is 5.56 Å². The molecular weight excluding hydrogens is 362 g/mol. The predicted octanol–water partition coefficient (Wildman–Crippen LogP) is 5.46. The Balaban J connectivity index is 1.71. The summed E-state index contributed by atoms with van der Waals surface area (Å²) in [6.07, 6.45) is 3.27. The zero-order valence-electron chi connectivity index (χ0n) is 14.9. The number of nitrogens with one attached hydrogen (secondary N) is 3. The van der Waals surface area contributed by atoms with Gasteiger partial charge in [-0.2, -0.15) is 0 Å². The predicted molar refractivity (Wildman–Crippen MR) is 105 cm³/mol. The van der Waals surface area contributed by atoms with Crippen LogP contribution in [-0.4, -0.2) is 16.0 Å². The molecule has 0 aliphatic carbocycles. The number of halogens is 2. The van der Waals surface area contributed by atoms with Gasteiger partial charge in [0.2, 0.25) is 0 Å². The Morgan fingerprint density at radius 2 is 1.93 bits per heavy atom. The minimum absolute atomic E-state index is 0.314. The molecular formula is C21H16F2N4O. The maximum absolute atomic E-state index is 13.8. The second-order valence-corrected chi connectivity index (χ2v) is 6.35. The van der Waals surface area contributed by atoms with E-state index in [1.807, 2.05) is 6.07 Å². The fourth-order valence-electron chi connectivity index (χ4n) is 2.97. The van der Waals surface area contributed by atoms with Crippen LogP contribution in [0.25, 0.3) is 22.2 Å². The largest absolute Gasteiger partial charge is 0.353 e. The van der Waals surface area contributed by atoms with Gasteiger partial charge in [-0.25, -0.2) is 13.6 Å². The first-order valence-electron chi connectivity index (χ1n) is 8.57. The Hall–Kier alpha value is -3.74. The first-order chi connectivity index (χ1) is 13.5. The lowest BCUT2D eigenvalue weighted by Gasteiger charge is -2.10. The number of aryl methyl sites for hydroxylation is 1. The van der Waals surface area contributed by atoms with Crippen molar-refractivity contribution >= 4 is 28.3 Å². The highest BCUT2D eigenvalue weighted by Crippen LogP contribution is 2.35. The van der Waals surface area contributed by atoms with Crippen molar-refractivity contribution in [2.24, 2.45) is 0 Å². The number of aromatic nitrogens is 2. The average molecular weight is 378 g/mol. The lowest BCUT2D eigenvalue weighted by atomic mass is 10.1. The van der Waals surface area contributed by atoms with Crippen molar-refractivity contribution in [2.45, 2.75) is 6.92 Å². The Bertz CT molecular complexity index is 1170. The molecule has 4 aromatic rings. The molecule has 0 aliphatic heterocycles. The molecule has 28 heavy (non-hydrogen) atoms. The van der Waals surface area contributed by atoms with Crippen molar-refractivity contribution in [1.82, 2.24) is 9.97 Å². The first kappa shape index (κ1) is 17.7. The normalized spacial score (nSPS) is 10.8. The monoisotopic (exact) mass is 378 g/mol. The van der Waals surface area contributed by atoms with Gasteiger partial charge < -0.3 is 15.6 Å². The number of amides is 2. The van der Waals surface area contributed by atoms with Crippen LogP contribution in [0.4, 0.5) is 25.0 Å². The fourth-order valence-corrected chi connectivity index (χ4v) is 2.97. The lowest BCUT2D eigenvalue weighted by molar-refractivity contribution is 0.262. The number of hydrogen-bond donors (Lipinski definition) is 3. The minimum atomic E-state index is -0.571. The van der Waals surface area contributed by atoms with E-state index in [4.69, 9.17) is 0 Å². The van der Waals surface area contributed by atoms with E-state index in [9.17, 15) is 13.6 Å². The minimum Gasteiger partial charge on any atom is -0.353 e. The maximum Gasteiger partial charge on any atom is 0.323 e. The molecule has 0 aliphatic rings. The Kier molecular flexibility index (Phi) is 4.49. The number of anilines is 2. The van der Waals surface area contributed by atoms with E-state index < -0.39 is 17.7 Å². The van der Waals surface area contributed by atoms with Gasteiger partial charge in [-0.05, 0) is 55.0 Å². The molecule has 5 nitrogen and oxygen atoms in total. The highest BCUT2D eigenvalue weighted by molar-refractivity contribution is 6.10. The molecule has 2 aromatic heterocycles. The van der Waals surface area contributed by atoms with Crippen LogP contribution in [0.2, 0.25) is 0 Å². The quantitative estimate of drug-likeness (QED) is 0.443. The topological polar surface area (TPSA) is 69.8 Å². The molecule has 0 atom stereocenters. The summed E-state index contributed by atoms with van der Waals surface area (Å²) < 4.78 is 27.5. The SMILES string of the molecule is Cc1ccc(NC(=O)Nc2c(-c3cccnc3)[nH]c3ccc(F)cc23)cc1F. The highest BCUT2D eigenvalue weighted by atomic mass is 19.1. The maximum atomic E-state index is 13.8. The second-order valence-electron chi connectivity index (χ2n) is 6.35. The van der Waals surface area contributed by atoms with Gasteiger partial charge in [0, 0.05) is 34.5 Å². The number of pyridine rings is 1. The van der Waals surface area contributed by atoms with E-state index in [0.717, 1.165) is 5.56 Å². The number of urea groups is 1. The summed E-state index contributed by atoms with van der Waals surface area (Å²) >= 11 is 0. The van der Waals surface area contributed by atoms with Gasteiger partial charge in [0.15, 0.2) is 0 Å². The van der Waals surface area contributed by atoms with Crippen LogP contribution < -0.4 is 10.6 Å². The highest BCUT2D eigenvalue weighted by Gasteiger charge is 2.17. The Morgan fingerprint density at radius 3 is 2.68 bits per heavy atom. The number of rotatable bonds is 3. The van der Waals surface area contributed by atoms with Gasteiger partial charge in [-0.15, -0.1) is 0 Å². The number of fused-ring (bicyclic) bond motifs is 1. The third kappa shape index (κ3) is 3.42. The number of hydrogen-bond acceptors (Lipinski definition) is 2. The summed E-state index contributed by atoms with van der Waals surface area (Å²) in [5.74, 6) is -0.837. The molecule has 0 saturated heterocycles. The summed E-state index contributed by atoms with van der Waals surface area (Å²) in [6.45, 7) is 1.64. The van der Waals surface area contributed by atoms with Crippen molar-refractivity contribution < 1.29 is 13.6 Å². The third-order valence-corrected chi connectivity index (χ3v) is 4.38. The smallest absolute Gasteiger partial charge is 0.323 e. The van der Waals surface area contributed by atoms with Crippen molar-refractivity contribution in [2.75, 3.05) is 10.6 Å². The van der Waals surface area contributed by atoms with E-state index in [2.05, 4.69) is 20.6 Å². The van der Waals surface area contributed by atoms with E-state index in [1.54, 1.807) is 43.6 Å². The molecule has 2 aromatic carbocycles. The van der Waals surface area contributed by atoms with E-state index >= 15 is 0 Å². The van der Waals surface area contributed by atoms with Crippen molar-refractivity contribution in [3.05, 3.63) is 78.1 Å². The van der Waals surface area contributed by atoms with E-state index in [1.165, 1.54) is 18.2 Å². The molecule has 2 amide bonds. The van der Waals surface area contributed by atoms with Gasteiger partial charge in [-0.3, -0.25) is 4.98 Å². The number of H-pyrrole nitrogens is 1. The zero-order chi connectivity index (χ0) is 19.7. The molecule has 0 saturated carbocycles. The Morgan fingerprint density at radius 1 is 1.07 bits per heavy atom. The molecule has 2 heterocycles. The first-order valence-corrected chi connectivity index (χ1v) is 8.57. The Labute approximate surface area is 159 Å². The molecule has 0 spiro atoms. The number of nitrogens with zero attached hydrogens (tertiary/aromatic N) is 1. The van der Waals surface area contributed by atoms with Gasteiger partial charge >= 0.3 is 6.03 Å². The lowest BCUT2D eigenvalue weighted by Crippen LogP contribution is -2.19. The summed E-state index contributed by atoms with van der Waals surface area (Å²) in [5.41, 5.74) is 3.20. The molecule has 0 radical (unpaired) electrons. The molecule has 0 bridgehead atoms. The molecule has 4 rings (SSSR count). The van der Waals surface area contributed by atoms with Gasteiger partial charge in [0.05, 0.1) is 11.4 Å². The molecule has 7 heteroatoms. The molecule has 0 fully saturated rings. The van der Waals surface area contributed by atoms with Crippen molar-refractivity contribution in [1.29, 1.82) is 0 Å². The van der Waals surface area contributed by atoms with Gasteiger partial charge in [-0.1, -0.05) is 6.07 Å². The van der Waals surface area contributed by atoms with Crippen LogP contribution in [0.15, 0.2) is 60.9 Å². The summed E-state index contributed by atoms with van der Waals surface area (Å²) in [6, 6.07) is 11.7. The number of benzene rings is 2. The average Bonchev–Trinajstić information content (AvgIpc) is 3.03. The van der Waals surface area contributed by atoms with E-state index in [-0.39, 0.29) is 0 Å². The molecule has 3 N–H and O–H groups in total.